The Morgan fingerprint density at radius 2 is 1.97 bits per heavy atom. The van der Waals surface area contributed by atoms with Crippen LogP contribution in [0.2, 0.25) is 0 Å². The van der Waals surface area contributed by atoms with Gasteiger partial charge in [-0.15, -0.1) is 0 Å². The lowest BCUT2D eigenvalue weighted by atomic mass is 9.84. The number of amides is 1. The average Bonchev–Trinajstić information content (AvgIpc) is 3.20. The summed E-state index contributed by atoms with van der Waals surface area (Å²) in [4.78, 5) is 16.9. The fourth-order valence-electron chi connectivity index (χ4n) is 5.14. The van der Waals surface area contributed by atoms with Crippen LogP contribution in [0.5, 0.6) is 0 Å². The fourth-order valence-corrected chi connectivity index (χ4v) is 5.14. The van der Waals surface area contributed by atoms with Crippen molar-refractivity contribution in [1.82, 2.24) is 15.4 Å². The number of piperazine rings is 1. The molecule has 1 aliphatic heterocycles. The number of methoxy groups -OCH3 is 1. The molecule has 4 rings (SSSR count). The summed E-state index contributed by atoms with van der Waals surface area (Å²) in [7, 11) is 1.64. The SMILES string of the molecule is COCCC(=O)NC1CCC(CCN2CCN(c3noc4c3C=C(C)CC4)CC2)CC1. The minimum absolute atomic E-state index is 0.127. The van der Waals surface area contributed by atoms with Crippen LogP contribution in [0, 0.1) is 5.92 Å². The van der Waals surface area contributed by atoms with Crippen molar-refractivity contribution in [2.24, 2.45) is 5.92 Å². The molecular formula is C24H38N4O3. The highest BCUT2D eigenvalue weighted by atomic mass is 16.5. The number of fused-ring (bicyclic) bond motifs is 1. The summed E-state index contributed by atoms with van der Waals surface area (Å²) in [6, 6.07) is 0.357. The monoisotopic (exact) mass is 430 g/mol. The minimum atomic E-state index is 0.127. The second kappa shape index (κ2) is 10.6. The zero-order valence-corrected chi connectivity index (χ0v) is 19.2. The highest BCUT2D eigenvalue weighted by Gasteiger charge is 2.27. The first-order valence-corrected chi connectivity index (χ1v) is 12.0. The third-order valence-corrected chi connectivity index (χ3v) is 7.19. The van der Waals surface area contributed by atoms with Gasteiger partial charge in [-0.05, 0) is 64.0 Å². The van der Waals surface area contributed by atoms with Gasteiger partial charge in [-0.1, -0.05) is 10.7 Å². The van der Waals surface area contributed by atoms with E-state index in [1.807, 2.05) is 0 Å². The van der Waals surface area contributed by atoms with Crippen LogP contribution in [0.3, 0.4) is 0 Å². The van der Waals surface area contributed by atoms with E-state index in [0.29, 0.717) is 19.1 Å². The van der Waals surface area contributed by atoms with Crippen LogP contribution in [0.15, 0.2) is 10.1 Å². The summed E-state index contributed by atoms with van der Waals surface area (Å²) in [6.07, 6.45) is 10.7. The van der Waals surface area contributed by atoms with Gasteiger partial charge >= 0.3 is 0 Å². The van der Waals surface area contributed by atoms with Crippen LogP contribution in [0.1, 0.15) is 63.2 Å². The molecule has 172 valence electrons. The molecule has 1 saturated carbocycles. The first kappa shape index (κ1) is 22.3. The predicted molar refractivity (Wildman–Crippen MR) is 122 cm³/mol. The number of carbonyl (C=O) groups excluding carboxylic acids is 1. The lowest BCUT2D eigenvalue weighted by molar-refractivity contribution is -0.122. The molecule has 7 heteroatoms. The maximum atomic E-state index is 11.9. The molecule has 2 aliphatic carbocycles. The third kappa shape index (κ3) is 5.89. The molecule has 1 aromatic heterocycles. The van der Waals surface area contributed by atoms with Crippen molar-refractivity contribution in [3.8, 4) is 0 Å². The van der Waals surface area contributed by atoms with E-state index in [2.05, 4.69) is 33.3 Å². The molecule has 0 atom stereocenters. The van der Waals surface area contributed by atoms with E-state index in [1.165, 1.54) is 36.9 Å². The van der Waals surface area contributed by atoms with Gasteiger partial charge in [0.05, 0.1) is 12.2 Å². The second-order valence-corrected chi connectivity index (χ2v) is 9.48. The Labute approximate surface area is 186 Å². The van der Waals surface area contributed by atoms with Gasteiger partial charge in [-0.3, -0.25) is 9.69 Å². The highest BCUT2D eigenvalue weighted by molar-refractivity contribution is 5.76. The van der Waals surface area contributed by atoms with Gasteiger partial charge in [0.2, 0.25) is 5.91 Å². The standard InChI is InChI=1S/C24H38N4O3/c1-18-3-8-22-21(17-18)24(26-31-22)28-14-12-27(13-15-28)11-9-19-4-6-20(7-5-19)25-23(29)10-16-30-2/h17,19-20H,3-16H2,1-2H3,(H,25,29). The number of allylic oxidation sites excluding steroid dienone is 1. The topological polar surface area (TPSA) is 70.8 Å². The van der Waals surface area contributed by atoms with Crippen molar-refractivity contribution in [1.29, 1.82) is 0 Å². The summed E-state index contributed by atoms with van der Waals surface area (Å²) in [5, 5.41) is 7.56. The van der Waals surface area contributed by atoms with Gasteiger partial charge < -0.3 is 19.5 Å². The smallest absolute Gasteiger partial charge is 0.222 e. The molecule has 1 saturated heterocycles. The minimum Gasteiger partial charge on any atom is -0.384 e. The van der Waals surface area contributed by atoms with Crippen molar-refractivity contribution < 1.29 is 14.1 Å². The Kier molecular flexibility index (Phi) is 7.67. The van der Waals surface area contributed by atoms with E-state index < -0.39 is 0 Å². The number of hydrogen-bond donors (Lipinski definition) is 1. The predicted octanol–water partition coefficient (Wildman–Crippen LogP) is 3.25. The Morgan fingerprint density at radius 1 is 1.19 bits per heavy atom. The molecule has 0 radical (unpaired) electrons. The van der Waals surface area contributed by atoms with Gasteiger partial charge in [0, 0.05) is 52.2 Å². The Balaban J connectivity index is 1.15. The lowest BCUT2D eigenvalue weighted by Gasteiger charge is -2.36. The molecule has 0 spiro atoms. The molecule has 31 heavy (non-hydrogen) atoms. The Bertz CT molecular complexity index is 759. The van der Waals surface area contributed by atoms with E-state index in [-0.39, 0.29) is 5.91 Å². The lowest BCUT2D eigenvalue weighted by Crippen LogP contribution is -2.47. The maximum absolute atomic E-state index is 11.9. The zero-order valence-electron chi connectivity index (χ0n) is 19.2. The van der Waals surface area contributed by atoms with E-state index in [0.717, 1.165) is 69.4 Å². The summed E-state index contributed by atoms with van der Waals surface area (Å²) >= 11 is 0. The number of aromatic nitrogens is 1. The third-order valence-electron chi connectivity index (χ3n) is 7.19. The molecule has 1 aromatic rings. The van der Waals surface area contributed by atoms with Crippen LogP contribution >= 0.6 is 0 Å². The molecule has 1 amide bonds. The van der Waals surface area contributed by atoms with Gasteiger partial charge in [0.1, 0.15) is 5.76 Å². The molecule has 1 N–H and O–H groups in total. The van der Waals surface area contributed by atoms with Gasteiger partial charge in [0.15, 0.2) is 5.82 Å². The van der Waals surface area contributed by atoms with Gasteiger partial charge in [-0.25, -0.2) is 0 Å². The van der Waals surface area contributed by atoms with Crippen LogP contribution < -0.4 is 10.2 Å². The average molecular weight is 431 g/mol. The normalized spacial score (nSPS) is 24.6. The van der Waals surface area contributed by atoms with E-state index in [4.69, 9.17) is 9.26 Å². The molecule has 0 bridgehead atoms. The first-order chi connectivity index (χ1) is 15.1. The summed E-state index contributed by atoms with van der Waals surface area (Å²) in [5.74, 6) is 3.01. The van der Waals surface area contributed by atoms with Gasteiger partial charge in [-0.2, -0.15) is 0 Å². The number of rotatable bonds is 8. The number of aryl methyl sites for hydroxylation is 1. The zero-order chi connectivity index (χ0) is 21.6. The number of nitrogens with zero attached hydrogens (tertiary/aromatic N) is 3. The fraction of sp³-hybridized carbons (Fsp3) is 0.750. The van der Waals surface area contributed by atoms with E-state index in [1.54, 1.807) is 7.11 Å². The summed E-state index contributed by atoms with van der Waals surface area (Å²) in [5.41, 5.74) is 2.63. The van der Waals surface area contributed by atoms with Crippen molar-refractivity contribution in [3.63, 3.8) is 0 Å². The number of carbonyl (C=O) groups is 1. The Hall–Kier alpha value is -1.86. The number of hydrogen-bond acceptors (Lipinski definition) is 6. The van der Waals surface area contributed by atoms with Crippen LogP contribution in [0.4, 0.5) is 5.82 Å². The van der Waals surface area contributed by atoms with Crippen LogP contribution in [-0.4, -0.2) is 68.4 Å². The second-order valence-electron chi connectivity index (χ2n) is 9.48. The number of nitrogens with one attached hydrogen (secondary N) is 1. The van der Waals surface area contributed by atoms with E-state index in [9.17, 15) is 4.79 Å². The van der Waals surface area contributed by atoms with Crippen molar-refractivity contribution >= 4 is 17.8 Å². The highest BCUT2D eigenvalue weighted by Crippen LogP contribution is 2.32. The van der Waals surface area contributed by atoms with Crippen LogP contribution in [0.25, 0.3) is 6.08 Å². The maximum Gasteiger partial charge on any atom is 0.222 e. The van der Waals surface area contributed by atoms with Crippen LogP contribution in [-0.2, 0) is 16.0 Å². The van der Waals surface area contributed by atoms with Gasteiger partial charge in [0.25, 0.3) is 0 Å². The Morgan fingerprint density at radius 3 is 2.71 bits per heavy atom. The quantitative estimate of drug-likeness (QED) is 0.683. The van der Waals surface area contributed by atoms with Crippen molar-refractivity contribution in [2.45, 2.75) is 64.3 Å². The summed E-state index contributed by atoms with van der Waals surface area (Å²) in [6.45, 7) is 8.10. The summed E-state index contributed by atoms with van der Waals surface area (Å²) < 4.78 is 10.6. The van der Waals surface area contributed by atoms with Crippen molar-refractivity contribution in [3.05, 3.63) is 16.9 Å². The molecule has 0 unspecified atom stereocenters. The molecule has 0 aromatic carbocycles. The first-order valence-electron chi connectivity index (χ1n) is 12.0. The molecular weight excluding hydrogens is 392 g/mol. The molecule has 3 aliphatic rings. The molecule has 7 nitrogen and oxygen atoms in total. The van der Waals surface area contributed by atoms with Crippen molar-refractivity contribution in [2.75, 3.05) is 51.3 Å². The largest absolute Gasteiger partial charge is 0.384 e. The van der Waals surface area contributed by atoms with E-state index >= 15 is 0 Å². The molecule has 2 heterocycles. The number of anilines is 1. The number of ether oxygens (including phenoxy) is 1. The molecule has 2 fully saturated rings.